The summed E-state index contributed by atoms with van der Waals surface area (Å²) in [6, 6.07) is 13.5. The number of amides is 1. The van der Waals surface area contributed by atoms with Gasteiger partial charge in [-0.25, -0.2) is 9.97 Å². The zero-order valence-electron chi connectivity index (χ0n) is 10.9. The molecule has 0 aliphatic carbocycles. The van der Waals surface area contributed by atoms with Crippen molar-refractivity contribution in [2.24, 2.45) is 0 Å². The molecule has 3 rings (SSSR count). The minimum Gasteiger partial charge on any atom is -0.329 e. The highest BCUT2D eigenvalue weighted by atomic mass is 32.2. The van der Waals surface area contributed by atoms with Gasteiger partial charge in [0.1, 0.15) is 0 Å². The van der Waals surface area contributed by atoms with E-state index in [2.05, 4.69) is 15.3 Å². The summed E-state index contributed by atoms with van der Waals surface area (Å²) in [5.74, 6) is 0. The fourth-order valence-electron chi connectivity index (χ4n) is 1.74. The average Bonchev–Trinajstić information content (AvgIpc) is 3.04. The van der Waals surface area contributed by atoms with Crippen molar-refractivity contribution < 1.29 is 4.79 Å². The quantitative estimate of drug-likeness (QED) is 0.573. The van der Waals surface area contributed by atoms with E-state index in [1.807, 2.05) is 47.8 Å². The molecule has 0 aliphatic heterocycles. The minimum absolute atomic E-state index is 0.662. The third-order valence-corrected chi connectivity index (χ3v) is 4.48. The van der Waals surface area contributed by atoms with Gasteiger partial charge >= 0.3 is 0 Å². The number of anilines is 1. The smallest absolute Gasteiger partial charge is 0.211 e. The van der Waals surface area contributed by atoms with Gasteiger partial charge < -0.3 is 5.32 Å². The Morgan fingerprint density at radius 1 is 1.14 bits per heavy atom. The number of benzene rings is 1. The van der Waals surface area contributed by atoms with E-state index in [0.717, 1.165) is 21.2 Å². The van der Waals surface area contributed by atoms with E-state index in [1.165, 1.54) is 11.8 Å². The molecule has 0 saturated heterocycles. The van der Waals surface area contributed by atoms with Crippen LogP contribution < -0.4 is 5.32 Å². The normalized spacial score (nSPS) is 10.3. The number of nitrogens with zero attached hydrogens (tertiary/aromatic N) is 2. The molecule has 0 atom stereocenters. The molecule has 4 nitrogen and oxygen atoms in total. The minimum atomic E-state index is 0.662. The van der Waals surface area contributed by atoms with E-state index in [9.17, 15) is 4.79 Å². The Hall–Kier alpha value is -2.18. The maximum Gasteiger partial charge on any atom is 0.211 e. The summed E-state index contributed by atoms with van der Waals surface area (Å²) in [5, 5.41) is 5.34. The standard InChI is InChI=1S/C15H11N3OS2/c19-10-17-11-3-5-12(6-4-11)21-15-16-8-7-13(18-15)14-2-1-9-20-14/h1-10H,(H,17,19). The second-order valence-electron chi connectivity index (χ2n) is 4.09. The van der Waals surface area contributed by atoms with Gasteiger partial charge in [0.25, 0.3) is 0 Å². The number of nitrogens with one attached hydrogen (secondary N) is 1. The molecule has 3 aromatic rings. The monoisotopic (exact) mass is 313 g/mol. The number of rotatable bonds is 5. The third-order valence-electron chi connectivity index (χ3n) is 2.70. The maximum absolute atomic E-state index is 10.4. The largest absolute Gasteiger partial charge is 0.329 e. The molecule has 1 amide bonds. The van der Waals surface area contributed by atoms with Crippen LogP contribution in [0.25, 0.3) is 10.6 Å². The Morgan fingerprint density at radius 3 is 2.71 bits per heavy atom. The van der Waals surface area contributed by atoms with E-state index < -0.39 is 0 Å². The molecule has 2 heterocycles. The Morgan fingerprint density at radius 2 is 2.00 bits per heavy atom. The molecule has 0 fully saturated rings. The number of hydrogen-bond acceptors (Lipinski definition) is 5. The van der Waals surface area contributed by atoms with Crippen LogP contribution in [0.5, 0.6) is 0 Å². The van der Waals surface area contributed by atoms with Crippen LogP contribution in [0.15, 0.2) is 64.1 Å². The molecule has 1 N–H and O–H groups in total. The molecule has 0 aliphatic rings. The van der Waals surface area contributed by atoms with E-state index >= 15 is 0 Å². The van der Waals surface area contributed by atoms with Crippen LogP contribution in [-0.2, 0) is 4.79 Å². The Balaban J connectivity index is 1.78. The summed E-state index contributed by atoms with van der Waals surface area (Å²) in [7, 11) is 0. The lowest BCUT2D eigenvalue weighted by Crippen LogP contribution is -1.92. The first-order valence-corrected chi connectivity index (χ1v) is 7.90. The highest BCUT2D eigenvalue weighted by Gasteiger charge is 2.05. The molecule has 0 saturated carbocycles. The summed E-state index contributed by atoms with van der Waals surface area (Å²) in [6.07, 6.45) is 2.43. The van der Waals surface area contributed by atoms with Gasteiger partial charge in [-0.2, -0.15) is 0 Å². The number of carbonyl (C=O) groups is 1. The summed E-state index contributed by atoms with van der Waals surface area (Å²) in [6.45, 7) is 0. The van der Waals surface area contributed by atoms with Crippen LogP contribution in [0.4, 0.5) is 5.69 Å². The van der Waals surface area contributed by atoms with E-state index in [-0.39, 0.29) is 0 Å². The lowest BCUT2D eigenvalue weighted by atomic mass is 10.3. The van der Waals surface area contributed by atoms with Crippen LogP contribution in [0.2, 0.25) is 0 Å². The van der Waals surface area contributed by atoms with Gasteiger partial charge in [-0.05, 0) is 53.5 Å². The average molecular weight is 313 g/mol. The summed E-state index contributed by atoms with van der Waals surface area (Å²) in [5.41, 5.74) is 1.70. The van der Waals surface area contributed by atoms with E-state index in [4.69, 9.17) is 0 Å². The zero-order chi connectivity index (χ0) is 14.5. The van der Waals surface area contributed by atoms with Crippen molar-refractivity contribution in [1.82, 2.24) is 9.97 Å². The Kier molecular flexibility index (Phi) is 4.28. The summed E-state index contributed by atoms with van der Waals surface area (Å²) < 4.78 is 0. The van der Waals surface area contributed by atoms with Crippen molar-refractivity contribution in [3.05, 3.63) is 54.0 Å². The first-order chi connectivity index (χ1) is 10.3. The second kappa shape index (κ2) is 6.51. The predicted octanol–water partition coefficient (Wildman–Crippen LogP) is 3.92. The molecule has 0 bridgehead atoms. The van der Waals surface area contributed by atoms with Gasteiger partial charge in [0.2, 0.25) is 6.41 Å². The summed E-state index contributed by atoms with van der Waals surface area (Å²) >= 11 is 3.15. The highest BCUT2D eigenvalue weighted by Crippen LogP contribution is 2.28. The molecule has 0 radical (unpaired) electrons. The maximum atomic E-state index is 10.4. The SMILES string of the molecule is O=CNc1ccc(Sc2nccc(-c3cccs3)n2)cc1. The molecule has 21 heavy (non-hydrogen) atoms. The molecule has 6 heteroatoms. The predicted molar refractivity (Wildman–Crippen MR) is 85.6 cm³/mol. The fourth-order valence-corrected chi connectivity index (χ4v) is 3.18. The van der Waals surface area contributed by atoms with Crippen molar-refractivity contribution in [2.75, 3.05) is 5.32 Å². The zero-order valence-corrected chi connectivity index (χ0v) is 12.5. The first-order valence-electron chi connectivity index (χ1n) is 6.20. The van der Waals surface area contributed by atoms with Crippen molar-refractivity contribution in [3.8, 4) is 10.6 Å². The first kappa shape index (κ1) is 13.8. The van der Waals surface area contributed by atoms with E-state index in [0.29, 0.717) is 11.6 Å². The van der Waals surface area contributed by atoms with Crippen molar-refractivity contribution in [3.63, 3.8) is 0 Å². The molecule has 104 valence electrons. The molecule has 2 aromatic heterocycles. The van der Waals surface area contributed by atoms with Gasteiger partial charge in [-0.3, -0.25) is 4.79 Å². The lowest BCUT2D eigenvalue weighted by Gasteiger charge is -2.03. The van der Waals surface area contributed by atoms with Gasteiger partial charge in [0, 0.05) is 16.8 Å². The van der Waals surface area contributed by atoms with Crippen LogP contribution in [0.1, 0.15) is 0 Å². The number of aromatic nitrogens is 2. The van der Waals surface area contributed by atoms with Gasteiger partial charge in [-0.1, -0.05) is 6.07 Å². The summed E-state index contributed by atoms with van der Waals surface area (Å²) in [4.78, 5) is 21.4. The van der Waals surface area contributed by atoms with Crippen molar-refractivity contribution in [2.45, 2.75) is 10.1 Å². The van der Waals surface area contributed by atoms with Gasteiger partial charge in [-0.15, -0.1) is 11.3 Å². The molecular weight excluding hydrogens is 302 g/mol. The van der Waals surface area contributed by atoms with Crippen LogP contribution in [0, 0.1) is 0 Å². The van der Waals surface area contributed by atoms with Gasteiger partial charge in [0.05, 0.1) is 10.6 Å². The number of hydrogen-bond donors (Lipinski definition) is 1. The van der Waals surface area contributed by atoms with Crippen LogP contribution >= 0.6 is 23.1 Å². The molecular formula is C15H11N3OS2. The molecule has 0 unspecified atom stereocenters. The Labute approximate surface area is 130 Å². The topological polar surface area (TPSA) is 54.9 Å². The number of carbonyl (C=O) groups excluding carboxylic acids is 1. The lowest BCUT2D eigenvalue weighted by molar-refractivity contribution is -0.105. The van der Waals surface area contributed by atoms with E-state index in [1.54, 1.807) is 17.5 Å². The Bertz CT molecular complexity index is 727. The fraction of sp³-hybridized carbons (Fsp3) is 0. The third kappa shape index (κ3) is 3.48. The molecule has 1 aromatic carbocycles. The molecule has 0 spiro atoms. The highest BCUT2D eigenvalue weighted by molar-refractivity contribution is 7.99. The number of thiophene rings is 1. The second-order valence-corrected chi connectivity index (χ2v) is 6.08. The van der Waals surface area contributed by atoms with Crippen molar-refractivity contribution in [1.29, 1.82) is 0 Å². The van der Waals surface area contributed by atoms with Crippen molar-refractivity contribution >= 4 is 35.2 Å². The van der Waals surface area contributed by atoms with Crippen LogP contribution in [-0.4, -0.2) is 16.4 Å². The van der Waals surface area contributed by atoms with Gasteiger partial charge in [0.15, 0.2) is 5.16 Å². The van der Waals surface area contributed by atoms with Crippen LogP contribution in [0.3, 0.4) is 0 Å².